The number of methoxy groups -OCH3 is 2. The lowest BCUT2D eigenvalue weighted by atomic mass is 10.0. The van der Waals surface area contributed by atoms with Crippen molar-refractivity contribution in [1.82, 2.24) is 4.90 Å². The monoisotopic (exact) mass is 429 g/mol. The lowest BCUT2D eigenvalue weighted by Crippen LogP contribution is -2.32. The first-order valence-corrected chi connectivity index (χ1v) is 10.3. The number of benzene rings is 2. The van der Waals surface area contributed by atoms with E-state index in [0.29, 0.717) is 47.7 Å². The number of halogens is 1. The Morgan fingerprint density at radius 3 is 2.67 bits per heavy atom. The molecule has 0 N–H and O–H groups in total. The Morgan fingerprint density at radius 1 is 1.13 bits per heavy atom. The summed E-state index contributed by atoms with van der Waals surface area (Å²) in [5, 5.41) is 1.41. The summed E-state index contributed by atoms with van der Waals surface area (Å²) >= 11 is 6.52. The Balaban J connectivity index is 1.70. The van der Waals surface area contributed by atoms with Crippen LogP contribution in [-0.4, -0.2) is 25.9 Å². The van der Waals surface area contributed by atoms with Gasteiger partial charge in [0, 0.05) is 24.5 Å². The van der Waals surface area contributed by atoms with Crippen LogP contribution in [0.15, 0.2) is 39.5 Å². The second-order valence-electron chi connectivity index (χ2n) is 7.33. The molecule has 0 saturated heterocycles. The predicted molar refractivity (Wildman–Crippen MR) is 116 cm³/mol. The third-order valence-electron chi connectivity index (χ3n) is 5.27. The molecule has 0 radical (unpaired) electrons. The number of hydrogen-bond donors (Lipinski definition) is 0. The first-order chi connectivity index (χ1) is 14.5. The molecule has 6 nitrogen and oxygen atoms in total. The van der Waals surface area contributed by atoms with E-state index in [4.69, 9.17) is 30.2 Å². The van der Waals surface area contributed by atoms with E-state index in [9.17, 15) is 4.79 Å². The molecule has 7 heteroatoms. The maximum absolute atomic E-state index is 12.2. The minimum Gasteiger partial charge on any atom is -0.493 e. The highest BCUT2D eigenvalue weighted by molar-refractivity contribution is 6.33. The van der Waals surface area contributed by atoms with Gasteiger partial charge in [-0.25, -0.2) is 4.79 Å². The summed E-state index contributed by atoms with van der Waals surface area (Å²) in [6.45, 7) is 3.64. The molecule has 3 aromatic rings. The molecular formula is C23H24ClNO5. The molecule has 2 aromatic carbocycles. The van der Waals surface area contributed by atoms with Crippen molar-refractivity contribution >= 4 is 22.6 Å². The normalized spacial score (nSPS) is 13.7. The first kappa shape index (κ1) is 20.6. The maximum Gasteiger partial charge on any atom is 0.336 e. The van der Waals surface area contributed by atoms with E-state index in [-0.39, 0.29) is 5.63 Å². The molecule has 4 rings (SSSR count). The van der Waals surface area contributed by atoms with Crippen molar-refractivity contribution in [3.63, 3.8) is 0 Å². The summed E-state index contributed by atoms with van der Waals surface area (Å²) in [5.74, 6) is 1.95. The van der Waals surface area contributed by atoms with Gasteiger partial charge in [-0.3, -0.25) is 4.90 Å². The Labute approximate surface area is 179 Å². The molecule has 158 valence electrons. The molecular weight excluding hydrogens is 406 g/mol. The number of fused-ring (bicyclic) bond motifs is 3. The average Bonchev–Trinajstić information content (AvgIpc) is 2.74. The Morgan fingerprint density at radius 2 is 1.93 bits per heavy atom. The van der Waals surface area contributed by atoms with Crippen LogP contribution in [-0.2, 0) is 19.5 Å². The van der Waals surface area contributed by atoms with Crippen molar-refractivity contribution in [2.24, 2.45) is 0 Å². The van der Waals surface area contributed by atoms with Crippen LogP contribution < -0.4 is 19.8 Å². The van der Waals surface area contributed by atoms with E-state index in [2.05, 4.69) is 11.8 Å². The summed E-state index contributed by atoms with van der Waals surface area (Å²) in [4.78, 5) is 14.3. The molecule has 0 bridgehead atoms. The highest BCUT2D eigenvalue weighted by atomic mass is 35.5. The second kappa shape index (κ2) is 8.58. The lowest BCUT2D eigenvalue weighted by molar-refractivity contribution is 0.0890. The first-order valence-electron chi connectivity index (χ1n) is 9.88. The van der Waals surface area contributed by atoms with Gasteiger partial charge in [-0.1, -0.05) is 31.0 Å². The summed E-state index contributed by atoms with van der Waals surface area (Å²) in [5.41, 5.74) is 3.01. The van der Waals surface area contributed by atoms with Gasteiger partial charge in [0.05, 0.1) is 24.8 Å². The number of nitrogens with zero attached hydrogens (tertiary/aromatic N) is 1. The highest BCUT2D eigenvalue weighted by Crippen LogP contribution is 2.40. The van der Waals surface area contributed by atoms with Crippen LogP contribution in [0, 0.1) is 0 Å². The van der Waals surface area contributed by atoms with E-state index in [1.807, 2.05) is 24.3 Å². The third-order valence-corrected chi connectivity index (χ3v) is 5.55. The third kappa shape index (κ3) is 3.85. The minimum atomic E-state index is -0.354. The topological polar surface area (TPSA) is 61.1 Å². The average molecular weight is 430 g/mol. The molecule has 1 aliphatic heterocycles. The molecule has 0 atom stereocenters. The van der Waals surface area contributed by atoms with Gasteiger partial charge in [0.15, 0.2) is 11.5 Å². The molecule has 0 spiro atoms. The molecule has 1 aliphatic rings. The minimum absolute atomic E-state index is 0.354. The summed E-state index contributed by atoms with van der Waals surface area (Å²) in [7, 11) is 3.23. The molecule has 0 unspecified atom stereocenters. The van der Waals surface area contributed by atoms with Crippen LogP contribution in [0.4, 0.5) is 0 Å². The molecule has 0 saturated carbocycles. The van der Waals surface area contributed by atoms with Crippen molar-refractivity contribution in [2.45, 2.75) is 32.9 Å². The summed E-state index contributed by atoms with van der Waals surface area (Å²) in [6.07, 6.45) is 1.71. The predicted octanol–water partition coefficient (Wildman–Crippen LogP) is 4.77. The van der Waals surface area contributed by atoms with Gasteiger partial charge >= 0.3 is 5.63 Å². The van der Waals surface area contributed by atoms with Crippen molar-refractivity contribution in [1.29, 1.82) is 0 Å². The summed E-state index contributed by atoms with van der Waals surface area (Å²) in [6, 6.07) is 9.22. The van der Waals surface area contributed by atoms with Crippen molar-refractivity contribution in [3.05, 3.63) is 62.5 Å². The molecule has 0 amide bonds. The zero-order chi connectivity index (χ0) is 21.3. The Hall–Kier alpha value is -2.70. The lowest BCUT2D eigenvalue weighted by Gasteiger charge is -2.30. The fourth-order valence-electron chi connectivity index (χ4n) is 3.91. The Kier molecular flexibility index (Phi) is 5.88. The standard InChI is InChI=1S/C23H24ClNO5/c1-4-5-15-9-21(26)30-22-16(15)10-18(24)23-17(22)12-25(13-29-23)11-14-6-7-19(27-2)20(8-14)28-3/h6-10H,4-5,11-13H2,1-3H3. The van der Waals surface area contributed by atoms with Gasteiger partial charge in [-0.15, -0.1) is 0 Å². The van der Waals surface area contributed by atoms with Gasteiger partial charge in [-0.05, 0) is 35.7 Å². The van der Waals surface area contributed by atoms with E-state index in [1.54, 1.807) is 20.3 Å². The number of rotatable bonds is 6. The van der Waals surface area contributed by atoms with Crippen LogP contribution in [0.3, 0.4) is 0 Å². The number of hydrogen-bond acceptors (Lipinski definition) is 6. The zero-order valence-electron chi connectivity index (χ0n) is 17.3. The van der Waals surface area contributed by atoms with Crippen LogP contribution in [0.1, 0.15) is 30.0 Å². The SMILES string of the molecule is CCCc1cc(=O)oc2c3c(c(Cl)cc12)OCN(Cc1ccc(OC)c(OC)c1)C3. The molecule has 30 heavy (non-hydrogen) atoms. The van der Waals surface area contributed by atoms with Crippen molar-refractivity contribution in [3.8, 4) is 17.2 Å². The van der Waals surface area contributed by atoms with Gasteiger partial charge in [-0.2, -0.15) is 0 Å². The van der Waals surface area contributed by atoms with Crippen molar-refractivity contribution < 1.29 is 18.6 Å². The van der Waals surface area contributed by atoms with Crippen LogP contribution in [0.2, 0.25) is 5.02 Å². The maximum atomic E-state index is 12.2. The van der Waals surface area contributed by atoms with Gasteiger partial charge in [0.25, 0.3) is 0 Å². The number of aryl methyl sites for hydroxylation is 1. The van der Waals surface area contributed by atoms with E-state index in [1.165, 1.54) is 0 Å². The van der Waals surface area contributed by atoms with E-state index >= 15 is 0 Å². The van der Waals surface area contributed by atoms with Crippen LogP contribution >= 0.6 is 11.6 Å². The second-order valence-corrected chi connectivity index (χ2v) is 7.74. The fourth-order valence-corrected chi connectivity index (χ4v) is 4.19. The van der Waals surface area contributed by atoms with Crippen molar-refractivity contribution in [2.75, 3.05) is 21.0 Å². The molecule has 0 fully saturated rings. The number of ether oxygens (including phenoxy) is 3. The quantitative estimate of drug-likeness (QED) is 0.526. The van der Waals surface area contributed by atoms with E-state index < -0.39 is 0 Å². The molecule has 1 aromatic heterocycles. The zero-order valence-corrected chi connectivity index (χ0v) is 18.0. The highest BCUT2D eigenvalue weighted by Gasteiger charge is 2.25. The largest absolute Gasteiger partial charge is 0.493 e. The van der Waals surface area contributed by atoms with Gasteiger partial charge in [0.2, 0.25) is 0 Å². The van der Waals surface area contributed by atoms with Gasteiger partial charge < -0.3 is 18.6 Å². The molecule has 0 aliphatic carbocycles. The summed E-state index contributed by atoms with van der Waals surface area (Å²) < 4.78 is 22.3. The van der Waals surface area contributed by atoms with Crippen LogP contribution in [0.5, 0.6) is 17.2 Å². The fraction of sp³-hybridized carbons (Fsp3) is 0.348. The van der Waals surface area contributed by atoms with E-state index in [0.717, 1.165) is 34.9 Å². The van der Waals surface area contributed by atoms with Gasteiger partial charge in [0.1, 0.15) is 18.1 Å². The molecule has 2 heterocycles. The smallest absolute Gasteiger partial charge is 0.336 e. The van der Waals surface area contributed by atoms with Crippen LogP contribution in [0.25, 0.3) is 11.0 Å². The Bertz CT molecular complexity index is 1140.